The van der Waals surface area contributed by atoms with Gasteiger partial charge in [-0.2, -0.15) is 0 Å². The molecule has 0 saturated heterocycles. The van der Waals surface area contributed by atoms with Gasteiger partial charge in [-0.05, 0) is 30.2 Å². The minimum Gasteiger partial charge on any atom is -0.388 e. The number of hydrogen-bond donors (Lipinski definition) is 2. The van der Waals surface area contributed by atoms with Gasteiger partial charge >= 0.3 is 0 Å². The molecule has 20 heavy (non-hydrogen) atoms. The number of non-ortho nitro benzene ring substituents is 1. The first-order chi connectivity index (χ1) is 9.60. The number of hydrogen-bond acceptors (Lipinski definition) is 5. The van der Waals surface area contributed by atoms with Crippen molar-refractivity contribution in [2.75, 3.05) is 17.7 Å². The highest BCUT2D eigenvalue weighted by Crippen LogP contribution is 2.24. The van der Waals surface area contributed by atoms with Crippen molar-refractivity contribution in [3.05, 3.63) is 57.9 Å². The van der Waals surface area contributed by atoms with Gasteiger partial charge in [0.1, 0.15) is 0 Å². The third kappa shape index (κ3) is 3.23. The molecule has 0 bridgehead atoms. The molecule has 0 radical (unpaired) electrons. The van der Waals surface area contributed by atoms with E-state index < -0.39 is 4.92 Å². The minimum atomic E-state index is -0.401. The average Bonchev–Trinajstić information content (AvgIpc) is 2.46. The van der Waals surface area contributed by atoms with E-state index in [0.717, 1.165) is 11.1 Å². The lowest BCUT2D eigenvalue weighted by atomic mass is 10.1. The van der Waals surface area contributed by atoms with Crippen LogP contribution in [0.1, 0.15) is 11.1 Å². The van der Waals surface area contributed by atoms with Crippen LogP contribution in [0.3, 0.4) is 0 Å². The quantitative estimate of drug-likeness (QED) is 0.646. The molecule has 0 spiro atoms. The van der Waals surface area contributed by atoms with Crippen molar-refractivity contribution < 1.29 is 4.92 Å². The van der Waals surface area contributed by atoms with Crippen LogP contribution in [-0.4, -0.2) is 17.0 Å². The summed E-state index contributed by atoms with van der Waals surface area (Å²) in [6.45, 7) is 2.58. The van der Waals surface area contributed by atoms with Crippen LogP contribution in [0.15, 0.2) is 36.7 Å². The number of nitro groups is 1. The number of aryl methyl sites for hydroxylation is 1. The molecule has 0 aliphatic heterocycles. The minimum absolute atomic E-state index is 0.0576. The first-order valence-corrected chi connectivity index (χ1v) is 6.20. The zero-order valence-electron chi connectivity index (χ0n) is 11.4. The largest absolute Gasteiger partial charge is 0.388 e. The van der Waals surface area contributed by atoms with Crippen LogP contribution in [0.2, 0.25) is 0 Å². The van der Waals surface area contributed by atoms with E-state index >= 15 is 0 Å². The lowest BCUT2D eigenvalue weighted by Gasteiger charge is -2.10. The van der Waals surface area contributed by atoms with E-state index in [2.05, 4.69) is 15.6 Å². The Bertz CT molecular complexity index is 628. The predicted octanol–water partition coefficient (Wildman–Crippen LogP) is 2.95. The second kappa shape index (κ2) is 6.01. The molecule has 0 amide bonds. The van der Waals surface area contributed by atoms with Crippen LogP contribution in [0.5, 0.6) is 0 Å². The topological polar surface area (TPSA) is 80.1 Å². The molecule has 1 heterocycles. The lowest BCUT2D eigenvalue weighted by molar-refractivity contribution is -0.384. The normalized spacial score (nSPS) is 10.1. The van der Waals surface area contributed by atoms with Crippen LogP contribution < -0.4 is 10.6 Å². The fourth-order valence-corrected chi connectivity index (χ4v) is 1.84. The van der Waals surface area contributed by atoms with Crippen molar-refractivity contribution >= 4 is 17.1 Å². The second-order valence-electron chi connectivity index (χ2n) is 4.43. The summed E-state index contributed by atoms with van der Waals surface area (Å²) in [6.07, 6.45) is 3.53. The SMILES string of the molecule is CNc1cc(NCc2cnccc2C)cc([N+](=O)[O-])c1. The van der Waals surface area contributed by atoms with Gasteiger partial charge in [0.25, 0.3) is 5.69 Å². The highest BCUT2D eigenvalue weighted by atomic mass is 16.6. The molecule has 2 rings (SSSR count). The monoisotopic (exact) mass is 272 g/mol. The van der Waals surface area contributed by atoms with E-state index in [9.17, 15) is 10.1 Å². The van der Waals surface area contributed by atoms with Gasteiger partial charge in [-0.1, -0.05) is 0 Å². The Morgan fingerprint density at radius 2 is 2.05 bits per heavy atom. The van der Waals surface area contributed by atoms with Gasteiger partial charge in [0.05, 0.1) is 4.92 Å². The molecular weight excluding hydrogens is 256 g/mol. The number of nitro benzene ring substituents is 1. The summed E-state index contributed by atoms with van der Waals surface area (Å²) >= 11 is 0. The molecule has 6 nitrogen and oxygen atoms in total. The molecule has 1 aromatic carbocycles. The molecule has 0 fully saturated rings. The molecule has 0 atom stereocenters. The standard InChI is InChI=1S/C14H16N4O2/c1-10-3-4-16-8-11(10)9-17-13-5-12(15-2)6-14(7-13)18(19)20/h3-8,15,17H,9H2,1-2H3. The summed E-state index contributed by atoms with van der Waals surface area (Å²) < 4.78 is 0. The summed E-state index contributed by atoms with van der Waals surface area (Å²) in [5, 5.41) is 17.0. The molecule has 0 aliphatic carbocycles. The molecule has 1 aromatic heterocycles. The van der Waals surface area contributed by atoms with Gasteiger partial charge in [0, 0.05) is 49.5 Å². The Hall–Kier alpha value is -2.63. The van der Waals surface area contributed by atoms with E-state index in [1.807, 2.05) is 19.1 Å². The number of anilines is 2. The molecule has 2 N–H and O–H groups in total. The Balaban J connectivity index is 2.19. The van der Waals surface area contributed by atoms with Crippen LogP contribution in [0, 0.1) is 17.0 Å². The summed E-state index contributed by atoms with van der Waals surface area (Å²) in [5.74, 6) is 0. The van der Waals surface area contributed by atoms with E-state index in [4.69, 9.17) is 0 Å². The Morgan fingerprint density at radius 3 is 2.70 bits per heavy atom. The zero-order chi connectivity index (χ0) is 14.5. The highest BCUT2D eigenvalue weighted by molar-refractivity contribution is 5.63. The van der Waals surface area contributed by atoms with Crippen LogP contribution in [0.25, 0.3) is 0 Å². The van der Waals surface area contributed by atoms with Gasteiger partial charge in [-0.25, -0.2) is 0 Å². The predicted molar refractivity (Wildman–Crippen MR) is 78.9 cm³/mol. The van der Waals surface area contributed by atoms with Crippen molar-refractivity contribution in [3.8, 4) is 0 Å². The maximum atomic E-state index is 10.9. The number of nitrogens with zero attached hydrogens (tertiary/aromatic N) is 2. The van der Waals surface area contributed by atoms with Gasteiger partial charge in [-0.3, -0.25) is 15.1 Å². The van der Waals surface area contributed by atoms with E-state index in [-0.39, 0.29) is 5.69 Å². The average molecular weight is 272 g/mol. The van der Waals surface area contributed by atoms with Gasteiger partial charge in [0.2, 0.25) is 0 Å². The van der Waals surface area contributed by atoms with Crippen LogP contribution in [-0.2, 0) is 6.54 Å². The van der Waals surface area contributed by atoms with Gasteiger partial charge < -0.3 is 10.6 Å². The molecule has 0 aliphatic rings. The fourth-order valence-electron chi connectivity index (χ4n) is 1.84. The Kier molecular flexibility index (Phi) is 4.14. The van der Waals surface area contributed by atoms with E-state index in [1.165, 1.54) is 12.1 Å². The molecular formula is C14H16N4O2. The van der Waals surface area contributed by atoms with Crippen molar-refractivity contribution in [1.82, 2.24) is 4.98 Å². The van der Waals surface area contributed by atoms with E-state index in [1.54, 1.807) is 19.4 Å². The number of aromatic nitrogens is 1. The van der Waals surface area contributed by atoms with Crippen molar-refractivity contribution in [2.24, 2.45) is 0 Å². The van der Waals surface area contributed by atoms with Crippen molar-refractivity contribution in [1.29, 1.82) is 0 Å². The molecule has 6 heteroatoms. The Labute approximate surface area is 117 Å². The third-order valence-electron chi connectivity index (χ3n) is 3.05. The second-order valence-corrected chi connectivity index (χ2v) is 4.43. The summed E-state index contributed by atoms with van der Waals surface area (Å²) in [5.41, 5.74) is 3.65. The summed E-state index contributed by atoms with van der Waals surface area (Å²) in [7, 11) is 1.73. The van der Waals surface area contributed by atoms with Gasteiger partial charge in [-0.15, -0.1) is 0 Å². The van der Waals surface area contributed by atoms with Gasteiger partial charge in [0.15, 0.2) is 0 Å². The van der Waals surface area contributed by atoms with E-state index in [0.29, 0.717) is 17.9 Å². The fraction of sp³-hybridized carbons (Fsp3) is 0.214. The summed E-state index contributed by atoms with van der Waals surface area (Å²) in [6, 6.07) is 6.79. The van der Waals surface area contributed by atoms with Crippen LogP contribution >= 0.6 is 0 Å². The third-order valence-corrected chi connectivity index (χ3v) is 3.05. The number of pyridine rings is 1. The van der Waals surface area contributed by atoms with Crippen molar-refractivity contribution in [2.45, 2.75) is 13.5 Å². The Morgan fingerprint density at radius 1 is 1.30 bits per heavy atom. The maximum absolute atomic E-state index is 10.9. The first kappa shape index (κ1) is 13.8. The number of nitrogens with one attached hydrogen (secondary N) is 2. The summed E-state index contributed by atoms with van der Waals surface area (Å²) in [4.78, 5) is 14.6. The molecule has 0 saturated carbocycles. The number of benzene rings is 1. The smallest absolute Gasteiger partial charge is 0.273 e. The lowest BCUT2D eigenvalue weighted by Crippen LogP contribution is -2.03. The maximum Gasteiger partial charge on any atom is 0.273 e. The molecule has 2 aromatic rings. The zero-order valence-corrected chi connectivity index (χ0v) is 11.4. The number of rotatable bonds is 5. The van der Waals surface area contributed by atoms with Crippen molar-refractivity contribution in [3.63, 3.8) is 0 Å². The highest BCUT2D eigenvalue weighted by Gasteiger charge is 2.09. The van der Waals surface area contributed by atoms with Crippen LogP contribution in [0.4, 0.5) is 17.1 Å². The molecule has 104 valence electrons. The molecule has 0 unspecified atom stereocenters. The first-order valence-electron chi connectivity index (χ1n) is 6.20.